The van der Waals surface area contributed by atoms with Gasteiger partial charge in [-0.3, -0.25) is 0 Å². The number of aliphatic hydroxyl groups is 1. The van der Waals surface area contributed by atoms with Crippen LogP contribution in [0.3, 0.4) is 0 Å². The molecular weight excluding hydrogens is 936 g/mol. The third-order valence-corrected chi connectivity index (χ3v) is 11.6. The van der Waals surface area contributed by atoms with E-state index < -0.39 is 35.3 Å². The molecule has 0 heterocycles. The van der Waals surface area contributed by atoms with Crippen molar-refractivity contribution in [1.29, 1.82) is 0 Å². The van der Waals surface area contributed by atoms with Crippen LogP contribution >= 0.6 is 23.2 Å². The molecule has 5 nitrogen and oxygen atoms in total. The lowest BCUT2D eigenvalue weighted by Crippen LogP contribution is -2.52. The molecule has 0 spiro atoms. The zero-order valence-electron chi connectivity index (χ0n) is 34.7. The van der Waals surface area contributed by atoms with Gasteiger partial charge in [-0.2, -0.15) is 0 Å². The molecule has 6 aromatic rings. The Morgan fingerprint density at radius 2 is 1.15 bits per heavy atom. The van der Waals surface area contributed by atoms with Crippen molar-refractivity contribution in [3.8, 4) is 23.0 Å². The fourth-order valence-electron chi connectivity index (χ4n) is 7.65. The standard InChI is InChI=1S/C26H23ClF2O4.C25H21ClF2O.S3/c27-19-11-9-18(10-12-19)24(17-7-8-17)26(29,25(31)32)23(30)15-16-6-13-21(28)22(14-16)33-20-4-2-1-3-5-20;26-20-12-10-19(11-13-20)25(18-8-9-18)23(28)15-7-17-6-14-22(27)24(16-17)29-21-4-2-1-3-5-21;1-3-2/h1-6,9-14,17,23-24,30H,7-8,15H2,(H,31,32);1-6,10-16,18,25H,7-9H2;/b;23-15+;/t23?,24-,26?;25-;/m00./s1. The summed E-state index contributed by atoms with van der Waals surface area (Å²) < 4.78 is 71.0. The third kappa shape index (κ3) is 13.8. The number of aliphatic carboxylic acids is 1. The minimum absolute atomic E-state index is 0.0953. The summed E-state index contributed by atoms with van der Waals surface area (Å²) in [4.78, 5) is 12.2. The first-order chi connectivity index (χ1) is 31.3. The summed E-state index contributed by atoms with van der Waals surface area (Å²) in [5, 5.41) is 21.9. The van der Waals surface area contributed by atoms with E-state index in [0.717, 1.165) is 38.9 Å². The van der Waals surface area contributed by atoms with E-state index in [2.05, 4.69) is 22.4 Å². The number of allylic oxidation sites excluding steroid dienone is 2. The minimum atomic E-state index is -2.94. The van der Waals surface area contributed by atoms with Gasteiger partial charge in [-0.05, 0) is 145 Å². The molecule has 0 saturated heterocycles. The Hall–Kier alpha value is -4.95. The minimum Gasteiger partial charge on any atom is -0.479 e. The second-order valence-corrected chi connectivity index (χ2v) is 18.4. The van der Waals surface area contributed by atoms with Gasteiger partial charge in [-0.25, -0.2) is 22.4 Å². The third-order valence-electron chi connectivity index (χ3n) is 11.1. The fraction of sp³-hybridized carbons (Fsp3) is 0.235. The van der Waals surface area contributed by atoms with E-state index in [1.54, 1.807) is 97.1 Å². The maximum absolute atomic E-state index is 16.3. The first-order valence-corrected chi connectivity index (χ1v) is 24.1. The van der Waals surface area contributed by atoms with Gasteiger partial charge >= 0.3 is 5.97 Å². The lowest BCUT2D eigenvalue weighted by atomic mass is 9.75. The summed E-state index contributed by atoms with van der Waals surface area (Å²) in [6.07, 6.45) is 3.16. The molecule has 2 fully saturated rings. The number of rotatable bonds is 16. The first-order valence-electron chi connectivity index (χ1n) is 20.7. The van der Waals surface area contributed by atoms with E-state index in [1.807, 2.05) is 30.3 Å². The van der Waals surface area contributed by atoms with E-state index in [0.29, 0.717) is 57.9 Å². The Balaban J connectivity index is 0.000000205. The average molecular weight is 980 g/mol. The number of aliphatic hydroxyl groups excluding tert-OH is 1. The smallest absolute Gasteiger partial charge is 0.344 e. The van der Waals surface area contributed by atoms with E-state index in [4.69, 9.17) is 32.7 Å². The van der Waals surface area contributed by atoms with Crippen LogP contribution in [0, 0.1) is 23.5 Å². The molecule has 0 radical (unpaired) electrons. The van der Waals surface area contributed by atoms with Gasteiger partial charge < -0.3 is 19.7 Å². The van der Waals surface area contributed by atoms with Crippen LogP contribution in [0.1, 0.15) is 59.8 Å². The van der Waals surface area contributed by atoms with E-state index in [9.17, 15) is 23.8 Å². The Labute approximate surface area is 398 Å². The first kappa shape index (κ1) is 49.5. The Morgan fingerprint density at radius 3 is 1.62 bits per heavy atom. The summed E-state index contributed by atoms with van der Waals surface area (Å²) >= 11 is 20.2. The SMILES string of the molecule is F/C(=C/Cc1ccc(F)c(Oc2ccccc2)c1)[C@H](c1ccc(Cl)cc1)C1CC1.O=C(O)C(F)(C(O)Cc1ccc(F)c(Oc2ccccc2)c1)[C@H](c1ccc(Cl)cc1)C1CC1.S=S=S. The van der Waals surface area contributed by atoms with Crippen LogP contribution in [-0.4, -0.2) is 28.0 Å². The van der Waals surface area contributed by atoms with Gasteiger partial charge in [0, 0.05) is 59.6 Å². The highest BCUT2D eigenvalue weighted by atomic mass is 35.5. The van der Waals surface area contributed by atoms with E-state index in [1.165, 1.54) is 18.2 Å². The summed E-state index contributed by atoms with van der Waals surface area (Å²) in [6.45, 7) is 0. The van der Waals surface area contributed by atoms with Gasteiger partial charge in [0.2, 0.25) is 5.67 Å². The van der Waals surface area contributed by atoms with Crippen LogP contribution in [0.15, 0.2) is 157 Å². The summed E-state index contributed by atoms with van der Waals surface area (Å²) in [5.74, 6) is -3.09. The van der Waals surface area contributed by atoms with Crippen LogP contribution in [-0.2, 0) is 48.9 Å². The topological polar surface area (TPSA) is 76.0 Å². The highest BCUT2D eigenvalue weighted by Gasteiger charge is 2.57. The van der Waals surface area contributed by atoms with E-state index >= 15 is 8.78 Å². The molecule has 2 saturated carbocycles. The Bertz CT molecular complexity index is 2580. The molecule has 8 rings (SSSR count). The van der Waals surface area contributed by atoms with Crippen LogP contribution in [0.5, 0.6) is 23.0 Å². The number of hydrogen-bond donors (Lipinski definition) is 2. The van der Waals surface area contributed by atoms with Crippen LogP contribution in [0.25, 0.3) is 0 Å². The average Bonchev–Trinajstić information content (AvgIpc) is 4.25. The van der Waals surface area contributed by atoms with Crippen LogP contribution < -0.4 is 9.47 Å². The lowest BCUT2D eigenvalue weighted by Gasteiger charge is -2.35. The number of benzene rings is 6. The number of carboxylic acids is 1. The maximum Gasteiger partial charge on any atom is 0.344 e. The van der Waals surface area contributed by atoms with Crippen molar-refractivity contribution in [2.24, 2.45) is 11.8 Å². The van der Waals surface area contributed by atoms with Crippen LogP contribution in [0.2, 0.25) is 10.0 Å². The predicted octanol–water partition coefficient (Wildman–Crippen LogP) is 14.0. The number of carbonyl (C=O) groups is 1. The molecular formula is C51H44Cl2F4O5S3. The van der Waals surface area contributed by atoms with Gasteiger partial charge in [0.05, 0.1) is 0 Å². The van der Waals surface area contributed by atoms with E-state index in [-0.39, 0.29) is 35.6 Å². The number of alkyl halides is 1. The number of para-hydroxylation sites is 2. The van der Waals surface area contributed by atoms with Crippen molar-refractivity contribution in [3.63, 3.8) is 0 Å². The number of halogens is 6. The second-order valence-electron chi connectivity index (χ2n) is 15.7. The van der Waals surface area contributed by atoms with Crippen molar-refractivity contribution >= 4 is 60.4 Å². The van der Waals surface area contributed by atoms with Crippen molar-refractivity contribution in [2.75, 3.05) is 0 Å². The van der Waals surface area contributed by atoms with Gasteiger partial charge in [0.25, 0.3) is 0 Å². The van der Waals surface area contributed by atoms with Crippen molar-refractivity contribution in [2.45, 2.75) is 62.1 Å². The van der Waals surface area contributed by atoms with Gasteiger partial charge in [-0.15, -0.1) is 0 Å². The normalized spacial score (nSPS) is 15.6. The molecule has 6 aromatic carbocycles. The highest BCUT2D eigenvalue weighted by Crippen LogP contribution is 2.52. The molecule has 2 unspecified atom stereocenters. The maximum atomic E-state index is 16.3. The molecule has 0 amide bonds. The van der Waals surface area contributed by atoms with Gasteiger partial charge in [0.1, 0.15) is 23.4 Å². The molecule has 2 N–H and O–H groups in total. The molecule has 2 aliphatic rings. The summed E-state index contributed by atoms with van der Waals surface area (Å²) in [6, 6.07) is 39.9. The zero-order valence-corrected chi connectivity index (χ0v) is 38.6. The quantitative estimate of drug-likeness (QED) is 0.0936. The number of ether oxygens (including phenoxy) is 2. The molecule has 0 bridgehead atoms. The second kappa shape index (κ2) is 23.5. The molecule has 2 aliphatic carbocycles. The molecule has 14 heteroatoms. The largest absolute Gasteiger partial charge is 0.479 e. The fourth-order valence-corrected chi connectivity index (χ4v) is 7.90. The molecule has 0 aromatic heterocycles. The predicted molar refractivity (Wildman–Crippen MR) is 256 cm³/mol. The van der Waals surface area contributed by atoms with Crippen molar-refractivity contribution in [3.05, 3.63) is 201 Å². The summed E-state index contributed by atoms with van der Waals surface area (Å²) in [5.41, 5.74) is -0.387. The molecule has 65 heavy (non-hydrogen) atoms. The van der Waals surface area contributed by atoms with Gasteiger partial charge in [0.15, 0.2) is 23.1 Å². The lowest BCUT2D eigenvalue weighted by molar-refractivity contribution is -0.163. The Morgan fingerprint density at radius 1 is 0.708 bits per heavy atom. The van der Waals surface area contributed by atoms with Crippen molar-refractivity contribution in [1.82, 2.24) is 0 Å². The molecule has 0 aliphatic heterocycles. The Kier molecular flexibility index (Phi) is 17.9. The van der Waals surface area contributed by atoms with Crippen molar-refractivity contribution < 1.29 is 42.0 Å². The van der Waals surface area contributed by atoms with Crippen LogP contribution in [0.4, 0.5) is 17.6 Å². The summed E-state index contributed by atoms with van der Waals surface area (Å²) in [7, 11) is 0.917. The molecule has 4 atom stereocenters. The molecule has 338 valence electrons. The monoisotopic (exact) mass is 978 g/mol. The number of hydrogen-bond acceptors (Lipinski definition) is 6. The highest BCUT2D eigenvalue weighted by molar-refractivity contribution is 8.37. The van der Waals surface area contributed by atoms with Gasteiger partial charge in [-0.1, -0.05) is 96.0 Å². The number of carboxylic acid groups (broad SMARTS) is 1. The zero-order chi connectivity index (χ0) is 46.5.